The average molecular weight is 311 g/mol. The Morgan fingerprint density at radius 1 is 1.19 bits per heavy atom. The van der Waals surface area contributed by atoms with Crippen molar-refractivity contribution in [3.8, 4) is 5.75 Å². The van der Waals surface area contributed by atoms with E-state index in [0.717, 1.165) is 43.4 Å². The first-order chi connectivity index (χ1) is 10.0. The molecule has 1 fully saturated rings. The first kappa shape index (κ1) is 16.3. The number of benzene rings is 1. The molecule has 21 heavy (non-hydrogen) atoms. The van der Waals surface area contributed by atoms with Crippen LogP contribution in [0.5, 0.6) is 5.75 Å². The van der Waals surface area contributed by atoms with Gasteiger partial charge in [-0.2, -0.15) is 0 Å². The molecule has 1 aromatic carbocycles. The van der Waals surface area contributed by atoms with Crippen molar-refractivity contribution in [2.24, 2.45) is 5.73 Å². The van der Waals surface area contributed by atoms with Crippen LogP contribution in [0.25, 0.3) is 0 Å². The van der Waals surface area contributed by atoms with Crippen molar-refractivity contribution >= 4 is 9.84 Å². The molecule has 5 heteroatoms. The number of hydrogen-bond donors (Lipinski definition) is 1. The summed E-state index contributed by atoms with van der Waals surface area (Å²) in [5.41, 5.74) is 6.94. The molecule has 0 radical (unpaired) electrons. The van der Waals surface area contributed by atoms with Gasteiger partial charge in [0, 0.05) is 6.04 Å². The van der Waals surface area contributed by atoms with E-state index in [-0.39, 0.29) is 11.0 Å². The van der Waals surface area contributed by atoms with Gasteiger partial charge in [0.15, 0.2) is 9.84 Å². The molecule has 1 aliphatic carbocycles. The molecule has 2 rings (SSSR count). The Hall–Kier alpha value is -1.07. The third-order valence-corrected chi connectivity index (χ3v) is 6.40. The molecule has 2 N–H and O–H groups in total. The van der Waals surface area contributed by atoms with E-state index in [4.69, 9.17) is 10.5 Å². The number of rotatable bonds is 6. The molecule has 0 aliphatic heterocycles. The van der Waals surface area contributed by atoms with Crippen LogP contribution in [-0.2, 0) is 9.84 Å². The molecular formula is C16H25NO3S. The maximum atomic E-state index is 12.4. The van der Waals surface area contributed by atoms with Gasteiger partial charge in [0.1, 0.15) is 5.75 Å². The van der Waals surface area contributed by atoms with Crippen LogP contribution in [0.3, 0.4) is 0 Å². The standard InChI is InChI=1S/C16H25NO3S/c1-2-20-14-10-8-13(9-11-14)16(17)12-21(18,19)15-6-4-3-5-7-15/h8-11,15-16H,2-7,12,17H2,1H3. The zero-order chi connectivity index (χ0) is 15.3. The molecule has 1 saturated carbocycles. The molecule has 1 aliphatic rings. The zero-order valence-corrected chi connectivity index (χ0v) is 13.4. The second-order valence-electron chi connectivity index (χ2n) is 5.70. The Labute approximate surface area is 127 Å². The van der Waals surface area contributed by atoms with Gasteiger partial charge in [-0.15, -0.1) is 0 Å². The molecule has 118 valence electrons. The lowest BCUT2D eigenvalue weighted by Gasteiger charge is -2.23. The highest BCUT2D eigenvalue weighted by molar-refractivity contribution is 7.92. The molecule has 0 spiro atoms. The van der Waals surface area contributed by atoms with Gasteiger partial charge in [-0.25, -0.2) is 8.42 Å². The van der Waals surface area contributed by atoms with Gasteiger partial charge in [0.25, 0.3) is 0 Å². The Morgan fingerprint density at radius 2 is 1.81 bits per heavy atom. The fraction of sp³-hybridized carbons (Fsp3) is 0.625. The predicted octanol–water partition coefficient (Wildman–Crippen LogP) is 2.83. The predicted molar refractivity (Wildman–Crippen MR) is 85.2 cm³/mol. The molecule has 0 amide bonds. The monoisotopic (exact) mass is 311 g/mol. The Bertz CT molecular complexity index is 533. The van der Waals surface area contributed by atoms with E-state index in [1.54, 1.807) is 0 Å². The first-order valence-electron chi connectivity index (χ1n) is 7.73. The third-order valence-electron chi connectivity index (χ3n) is 4.09. The SMILES string of the molecule is CCOc1ccc(C(N)CS(=O)(=O)C2CCCCC2)cc1. The van der Waals surface area contributed by atoms with Gasteiger partial charge in [-0.3, -0.25) is 0 Å². The Kier molecular flexibility index (Phi) is 5.65. The van der Waals surface area contributed by atoms with Gasteiger partial charge in [0.2, 0.25) is 0 Å². The normalized spacial score (nSPS) is 18.4. The van der Waals surface area contributed by atoms with Crippen LogP contribution in [-0.4, -0.2) is 26.0 Å². The van der Waals surface area contributed by atoms with Gasteiger partial charge in [-0.05, 0) is 37.5 Å². The van der Waals surface area contributed by atoms with Crippen LogP contribution in [0, 0.1) is 0 Å². The maximum absolute atomic E-state index is 12.4. The molecular weight excluding hydrogens is 286 g/mol. The lowest BCUT2D eigenvalue weighted by Crippen LogP contribution is -2.31. The van der Waals surface area contributed by atoms with Gasteiger partial charge < -0.3 is 10.5 Å². The fourth-order valence-corrected chi connectivity index (χ4v) is 4.90. The van der Waals surface area contributed by atoms with Crippen molar-refractivity contribution in [3.63, 3.8) is 0 Å². The molecule has 0 aromatic heterocycles. The Balaban J connectivity index is 2.00. The van der Waals surface area contributed by atoms with Crippen molar-refractivity contribution in [1.82, 2.24) is 0 Å². The lowest BCUT2D eigenvalue weighted by atomic mass is 10.0. The smallest absolute Gasteiger partial charge is 0.155 e. The van der Waals surface area contributed by atoms with Crippen molar-refractivity contribution in [3.05, 3.63) is 29.8 Å². The highest BCUT2D eigenvalue weighted by Crippen LogP contribution is 2.26. The van der Waals surface area contributed by atoms with E-state index >= 15 is 0 Å². The molecule has 1 atom stereocenters. The first-order valence-corrected chi connectivity index (χ1v) is 9.44. The fourth-order valence-electron chi connectivity index (χ4n) is 2.88. The average Bonchev–Trinajstić information content (AvgIpc) is 2.49. The molecule has 0 heterocycles. The van der Waals surface area contributed by atoms with Crippen LogP contribution < -0.4 is 10.5 Å². The summed E-state index contributed by atoms with van der Waals surface area (Å²) >= 11 is 0. The van der Waals surface area contributed by atoms with Crippen LogP contribution >= 0.6 is 0 Å². The molecule has 1 unspecified atom stereocenters. The summed E-state index contributed by atoms with van der Waals surface area (Å²) < 4.78 is 30.2. The highest BCUT2D eigenvalue weighted by atomic mass is 32.2. The van der Waals surface area contributed by atoms with Crippen molar-refractivity contribution in [2.45, 2.75) is 50.3 Å². The summed E-state index contributed by atoms with van der Waals surface area (Å²) in [6.45, 7) is 2.54. The summed E-state index contributed by atoms with van der Waals surface area (Å²) in [7, 11) is -3.11. The summed E-state index contributed by atoms with van der Waals surface area (Å²) in [4.78, 5) is 0. The summed E-state index contributed by atoms with van der Waals surface area (Å²) in [6.07, 6.45) is 4.76. The maximum Gasteiger partial charge on any atom is 0.155 e. The van der Waals surface area contributed by atoms with Crippen molar-refractivity contribution in [2.75, 3.05) is 12.4 Å². The number of ether oxygens (including phenoxy) is 1. The Morgan fingerprint density at radius 3 is 2.38 bits per heavy atom. The van der Waals surface area contributed by atoms with E-state index in [1.165, 1.54) is 0 Å². The molecule has 0 bridgehead atoms. The van der Waals surface area contributed by atoms with Crippen LogP contribution in [0.2, 0.25) is 0 Å². The van der Waals surface area contributed by atoms with Crippen LogP contribution in [0.4, 0.5) is 0 Å². The van der Waals surface area contributed by atoms with Crippen molar-refractivity contribution in [1.29, 1.82) is 0 Å². The van der Waals surface area contributed by atoms with E-state index in [1.807, 2.05) is 31.2 Å². The van der Waals surface area contributed by atoms with E-state index in [2.05, 4.69) is 0 Å². The number of nitrogens with two attached hydrogens (primary N) is 1. The largest absolute Gasteiger partial charge is 0.494 e. The van der Waals surface area contributed by atoms with Gasteiger partial charge in [0.05, 0.1) is 17.6 Å². The zero-order valence-electron chi connectivity index (χ0n) is 12.6. The summed E-state index contributed by atoms with van der Waals surface area (Å²) in [5, 5.41) is -0.194. The molecule has 4 nitrogen and oxygen atoms in total. The van der Waals surface area contributed by atoms with Crippen LogP contribution in [0.1, 0.15) is 50.6 Å². The minimum Gasteiger partial charge on any atom is -0.494 e. The quantitative estimate of drug-likeness (QED) is 0.877. The number of hydrogen-bond acceptors (Lipinski definition) is 4. The van der Waals surface area contributed by atoms with Gasteiger partial charge in [-0.1, -0.05) is 31.4 Å². The molecule has 0 saturated heterocycles. The molecule has 1 aromatic rings. The summed E-state index contributed by atoms with van der Waals surface area (Å²) in [6, 6.07) is 6.92. The third kappa shape index (κ3) is 4.45. The van der Waals surface area contributed by atoms with Crippen molar-refractivity contribution < 1.29 is 13.2 Å². The minimum absolute atomic E-state index is 0.0334. The van der Waals surface area contributed by atoms with Crippen LogP contribution in [0.15, 0.2) is 24.3 Å². The lowest BCUT2D eigenvalue weighted by molar-refractivity contribution is 0.340. The highest BCUT2D eigenvalue weighted by Gasteiger charge is 2.29. The summed E-state index contributed by atoms with van der Waals surface area (Å²) in [5.74, 6) is 0.814. The minimum atomic E-state index is -3.11. The second kappa shape index (κ2) is 7.27. The second-order valence-corrected chi connectivity index (χ2v) is 8.02. The van der Waals surface area contributed by atoms with E-state index in [0.29, 0.717) is 6.61 Å². The topological polar surface area (TPSA) is 69.4 Å². The number of sulfone groups is 1. The van der Waals surface area contributed by atoms with E-state index in [9.17, 15) is 8.42 Å². The van der Waals surface area contributed by atoms with Gasteiger partial charge >= 0.3 is 0 Å². The van der Waals surface area contributed by atoms with E-state index < -0.39 is 15.9 Å².